The van der Waals surface area contributed by atoms with Crippen LogP contribution in [-0.2, 0) is 12.8 Å². The van der Waals surface area contributed by atoms with Gasteiger partial charge in [-0.1, -0.05) is 52.0 Å². The SMILES string of the molecule is CCCCCOc1cccc(-c2cc3c(c(OCCCCC)n2)CCCCC3)n1. The van der Waals surface area contributed by atoms with E-state index in [0.29, 0.717) is 12.5 Å². The van der Waals surface area contributed by atoms with E-state index in [1.807, 2.05) is 18.2 Å². The third-order valence-corrected chi connectivity index (χ3v) is 5.52. The fraction of sp³-hybridized carbons (Fsp3) is 0.600. The van der Waals surface area contributed by atoms with Gasteiger partial charge in [0.15, 0.2) is 0 Å². The number of fused-ring (bicyclic) bond motifs is 1. The van der Waals surface area contributed by atoms with Crippen LogP contribution in [0.1, 0.15) is 82.8 Å². The van der Waals surface area contributed by atoms with Gasteiger partial charge in [0, 0.05) is 11.6 Å². The van der Waals surface area contributed by atoms with E-state index in [4.69, 9.17) is 19.4 Å². The molecular weight excluding hydrogens is 360 g/mol. The smallest absolute Gasteiger partial charge is 0.217 e. The molecule has 2 aromatic rings. The lowest BCUT2D eigenvalue weighted by atomic mass is 10.0. The molecule has 0 fully saturated rings. The van der Waals surface area contributed by atoms with Crippen molar-refractivity contribution in [2.45, 2.75) is 84.5 Å². The van der Waals surface area contributed by atoms with Crippen LogP contribution in [0.2, 0.25) is 0 Å². The molecule has 2 aromatic heterocycles. The van der Waals surface area contributed by atoms with Crippen LogP contribution in [-0.4, -0.2) is 23.2 Å². The predicted octanol–water partition coefficient (Wildman–Crippen LogP) is 6.55. The van der Waals surface area contributed by atoms with E-state index in [9.17, 15) is 0 Å². The Kier molecular flexibility index (Phi) is 8.79. The van der Waals surface area contributed by atoms with E-state index in [1.54, 1.807) is 0 Å². The van der Waals surface area contributed by atoms with Crippen LogP contribution in [0.5, 0.6) is 11.8 Å². The van der Waals surface area contributed by atoms with Gasteiger partial charge in [-0.05, 0) is 56.2 Å². The Morgan fingerprint density at radius 3 is 2.34 bits per heavy atom. The maximum Gasteiger partial charge on any atom is 0.217 e. The summed E-state index contributed by atoms with van der Waals surface area (Å²) in [5, 5.41) is 0. The molecule has 4 heteroatoms. The van der Waals surface area contributed by atoms with Crippen LogP contribution in [0.15, 0.2) is 24.3 Å². The molecule has 0 aromatic carbocycles. The summed E-state index contributed by atoms with van der Waals surface area (Å²) in [6.07, 6.45) is 12.8. The quantitative estimate of drug-likeness (QED) is 0.319. The molecule has 1 aliphatic rings. The Bertz CT molecular complexity index is 760. The van der Waals surface area contributed by atoms with Gasteiger partial charge in [0.1, 0.15) is 0 Å². The second-order valence-electron chi connectivity index (χ2n) is 7.98. The first-order valence-electron chi connectivity index (χ1n) is 11.6. The number of aromatic nitrogens is 2. The summed E-state index contributed by atoms with van der Waals surface area (Å²) in [4.78, 5) is 9.63. The molecule has 2 heterocycles. The van der Waals surface area contributed by atoms with Crippen LogP contribution in [0.25, 0.3) is 11.4 Å². The largest absolute Gasteiger partial charge is 0.478 e. The van der Waals surface area contributed by atoms with Crippen LogP contribution in [0, 0.1) is 0 Å². The zero-order valence-electron chi connectivity index (χ0n) is 18.2. The van der Waals surface area contributed by atoms with E-state index in [0.717, 1.165) is 49.6 Å². The molecule has 0 unspecified atom stereocenters. The highest BCUT2D eigenvalue weighted by atomic mass is 16.5. The Balaban J connectivity index is 1.81. The van der Waals surface area contributed by atoms with Crippen molar-refractivity contribution in [3.05, 3.63) is 35.4 Å². The normalized spacial score (nSPS) is 13.6. The minimum Gasteiger partial charge on any atom is -0.478 e. The fourth-order valence-electron chi connectivity index (χ4n) is 3.82. The average molecular weight is 397 g/mol. The van der Waals surface area contributed by atoms with Crippen LogP contribution in [0.3, 0.4) is 0 Å². The van der Waals surface area contributed by atoms with E-state index in [1.165, 1.54) is 56.1 Å². The summed E-state index contributed by atoms with van der Waals surface area (Å²) in [5.41, 5.74) is 4.46. The minimum atomic E-state index is 0.681. The lowest BCUT2D eigenvalue weighted by molar-refractivity contribution is 0.291. The second kappa shape index (κ2) is 11.8. The van der Waals surface area contributed by atoms with Crippen molar-refractivity contribution in [3.8, 4) is 23.1 Å². The predicted molar refractivity (Wildman–Crippen MR) is 119 cm³/mol. The molecule has 0 N–H and O–H groups in total. The number of rotatable bonds is 11. The number of hydrogen-bond donors (Lipinski definition) is 0. The van der Waals surface area contributed by atoms with Crippen molar-refractivity contribution in [3.63, 3.8) is 0 Å². The number of nitrogens with zero attached hydrogens (tertiary/aromatic N) is 2. The zero-order chi connectivity index (χ0) is 20.3. The lowest BCUT2D eigenvalue weighted by Crippen LogP contribution is -2.06. The number of ether oxygens (including phenoxy) is 2. The first-order valence-corrected chi connectivity index (χ1v) is 11.6. The van der Waals surface area contributed by atoms with E-state index >= 15 is 0 Å². The van der Waals surface area contributed by atoms with Gasteiger partial charge < -0.3 is 9.47 Å². The first kappa shape index (κ1) is 21.6. The van der Waals surface area contributed by atoms with Crippen molar-refractivity contribution in [1.82, 2.24) is 9.97 Å². The lowest BCUT2D eigenvalue weighted by Gasteiger charge is -2.15. The minimum absolute atomic E-state index is 0.681. The highest BCUT2D eigenvalue weighted by Gasteiger charge is 2.18. The molecule has 4 nitrogen and oxygen atoms in total. The molecule has 158 valence electrons. The van der Waals surface area contributed by atoms with Crippen molar-refractivity contribution in [2.24, 2.45) is 0 Å². The maximum atomic E-state index is 6.18. The summed E-state index contributed by atoms with van der Waals surface area (Å²) in [6, 6.07) is 8.18. The molecule has 0 spiro atoms. The summed E-state index contributed by atoms with van der Waals surface area (Å²) in [6.45, 7) is 5.87. The average Bonchev–Trinajstić information content (AvgIpc) is 3.00. The standard InChI is InChI=1S/C25H36N2O2/c1-3-5-10-17-28-24-16-12-15-22(26-24)23-19-20-13-8-7-9-14-21(20)25(27-23)29-18-11-6-4-2/h12,15-16,19H,3-11,13-14,17-18H2,1-2H3. The highest BCUT2D eigenvalue weighted by Crippen LogP contribution is 2.32. The molecule has 1 aliphatic carbocycles. The topological polar surface area (TPSA) is 44.2 Å². The van der Waals surface area contributed by atoms with E-state index in [2.05, 4.69) is 19.9 Å². The van der Waals surface area contributed by atoms with Gasteiger partial charge in [-0.2, -0.15) is 0 Å². The van der Waals surface area contributed by atoms with Gasteiger partial charge in [-0.3, -0.25) is 0 Å². The molecule has 0 aliphatic heterocycles. The molecule has 29 heavy (non-hydrogen) atoms. The molecule has 0 atom stereocenters. The van der Waals surface area contributed by atoms with Gasteiger partial charge in [-0.15, -0.1) is 0 Å². The van der Waals surface area contributed by atoms with Gasteiger partial charge in [0.05, 0.1) is 24.6 Å². The Labute approximate surface area is 176 Å². The summed E-state index contributed by atoms with van der Waals surface area (Å²) >= 11 is 0. The molecule has 0 saturated heterocycles. The fourth-order valence-corrected chi connectivity index (χ4v) is 3.82. The van der Waals surface area contributed by atoms with Crippen molar-refractivity contribution >= 4 is 0 Å². The Hall–Kier alpha value is -2.10. The third kappa shape index (κ3) is 6.45. The van der Waals surface area contributed by atoms with Gasteiger partial charge in [-0.25, -0.2) is 9.97 Å². The third-order valence-electron chi connectivity index (χ3n) is 5.52. The second-order valence-corrected chi connectivity index (χ2v) is 7.98. The number of aryl methyl sites for hydroxylation is 1. The summed E-state index contributed by atoms with van der Waals surface area (Å²) in [7, 11) is 0. The van der Waals surface area contributed by atoms with Crippen LogP contribution < -0.4 is 9.47 Å². The monoisotopic (exact) mass is 396 g/mol. The van der Waals surface area contributed by atoms with Crippen LogP contribution in [0.4, 0.5) is 0 Å². The first-order chi connectivity index (χ1) is 14.3. The number of unbranched alkanes of at least 4 members (excludes halogenated alkanes) is 4. The van der Waals surface area contributed by atoms with Crippen molar-refractivity contribution < 1.29 is 9.47 Å². The molecular formula is C25H36N2O2. The highest BCUT2D eigenvalue weighted by molar-refractivity contribution is 5.59. The molecule has 0 bridgehead atoms. The van der Waals surface area contributed by atoms with Gasteiger partial charge in [0.2, 0.25) is 11.8 Å². The zero-order valence-corrected chi connectivity index (χ0v) is 18.2. The van der Waals surface area contributed by atoms with Crippen molar-refractivity contribution in [1.29, 1.82) is 0 Å². The summed E-state index contributed by atoms with van der Waals surface area (Å²) in [5.74, 6) is 1.51. The molecule has 3 rings (SSSR count). The molecule has 0 radical (unpaired) electrons. The maximum absolute atomic E-state index is 6.18. The van der Waals surface area contributed by atoms with Gasteiger partial charge >= 0.3 is 0 Å². The summed E-state index contributed by atoms with van der Waals surface area (Å²) < 4.78 is 12.0. The molecule has 0 saturated carbocycles. The van der Waals surface area contributed by atoms with Crippen LogP contribution >= 0.6 is 0 Å². The number of hydrogen-bond acceptors (Lipinski definition) is 4. The van der Waals surface area contributed by atoms with E-state index in [-0.39, 0.29) is 0 Å². The Morgan fingerprint density at radius 2 is 1.55 bits per heavy atom. The molecule has 0 amide bonds. The van der Waals surface area contributed by atoms with E-state index < -0.39 is 0 Å². The Morgan fingerprint density at radius 1 is 0.793 bits per heavy atom. The number of pyridine rings is 2. The van der Waals surface area contributed by atoms with Crippen molar-refractivity contribution in [2.75, 3.05) is 13.2 Å². The van der Waals surface area contributed by atoms with Gasteiger partial charge in [0.25, 0.3) is 0 Å².